The van der Waals surface area contributed by atoms with Gasteiger partial charge in [-0.25, -0.2) is 0 Å². The van der Waals surface area contributed by atoms with Crippen LogP contribution in [0.1, 0.15) is 26.2 Å². The maximum absolute atomic E-state index is 3.48. The van der Waals surface area contributed by atoms with Crippen molar-refractivity contribution in [2.24, 2.45) is 11.8 Å². The minimum Gasteiger partial charge on any atom is -0.317 e. The van der Waals surface area contributed by atoms with E-state index >= 15 is 0 Å². The molecule has 2 nitrogen and oxygen atoms in total. The van der Waals surface area contributed by atoms with E-state index in [1.807, 2.05) is 0 Å². The molecule has 0 aromatic carbocycles. The van der Waals surface area contributed by atoms with Crippen LogP contribution in [0.3, 0.4) is 0 Å². The van der Waals surface area contributed by atoms with Gasteiger partial charge in [-0.2, -0.15) is 11.8 Å². The second-order valence-corrected chi connectivity index (χ2v) is 6.50. The summed E-state index contributed by atoms with van der Waals surface area (Å²) in [5.41, 5.74) is 0. The van der Waals surface area contributed by atoms with E-state index in [4.69, 9.17) is 0 Å². The van der Waals surface area contributed by atoms with Gasteiger partial charge in [0.1, 0.15) is 0 Å². The molecule has 0 amide bonds. The van der Waals surface area contributed by atoms with Gasteiger partial charge in [0.15, 0.2) is 0 Å². The Hall–Kier alpha value is 0.270. The Balaban J connectivity index is 1.63. The van der Waals surface area contributed by atoms with E-state index in [0.29, 0.717) is 0 Å². The Labute approximate surface area is 105 Å². The van der Waals surface area contributed by atoms with Gasteiger partial charge in [0.25, 0.3) is 0 Å². The summed E-state index contributed by atoms with van der Waals surface area (Å²) in [6.45, 7) is 8.62. The third-order valence-corrected chi connectivity index (χ3v) is 4.96. The zero-order chi connectivity index (χ0) is 11.2. The molecule has 0 spiro atoms. The third-order valence-electron chi connectivity index (χ3n) is 3.91. The molecule has 3 heteroatoms. The van der Waals surface area contributed by atoms with Crippen molar-refractivity contribution in [3.8, 4) is 0 Å². The summed E-state index contributed by atoms with van der Waals surface area (Å²) in [7, 11) is 0. The molecule has 2 rings (SSSR count). The van der Waals surface area contributed by atoms with Gasteiger partial charge < -0.3 is 10.2 Å². The topological polar surface area (TPSA) is 15.3 Å². The smallest absolute Gasteiger partial charge is 0.00224 e. The summed E-state index contributed by atoms with van der Waals surface area (Å²) in [5, 5.41) is 3.48. The molecule has 0 saturated carbocycles. The molecule has 2 aliphatic rings. The average Bonchev–Trinajstić information content (AvgIpc) is 2.75. The van der Waals surface area contributed by atoms with Gasteiger partial charge in [-0.05, 0) is 62.2 Å². The number of thioether (sulfide) groups is 1. The van der Waals surface area contributed by atoms with Crippen LogP contribution in [0.25, 0.3) is 0 Å². The summed E-state index contributed by atoms with van der Waals surface area (Å²) < 4.78 is 0. The lowest BCUT2D eigenvalue weighted by Crippen LogP contribution is -2.31. The van der Waals surface area contributed by atoms with Gasteiger partial charge in [-0.15, -0.1) is 0 Å². The summed E-state index contributed by atoms with van der Waals surface area (Å²) >= 11 is 2.14. The Morgan fingerprint density at radius 3 is 2.75 bits per heavy atom. The standard InChI is InChI=1S/C13H26N2S/c1-2-14-9-13-3-6-15(11-13)10-12-4-7-16-8-5-12/h12-14H,2-11H2,1H3. The van der Waals surface area contributed by atoms with Gasteiger partial charge in [-0.3, -0.25) is 0 Å². The van der Waals surface area contributed by atoms with Crippen molar-refractivity contribution in [3.63, 3.8) is 0 Å². The van der Waals surface area contributed by atoms with E-state index < -0.39 is 0 Å². The Kier molecular flexibility index (Phi) is 5.46. The van der Waals surface area contributed by atoms with Gasteiger partial charge in [0, 0.05) is 13.1 Å². The number of rotatable bonds is 5. The molecule has 0 aliphatic carbocycles. The normalized spacial score (nSPS) is 28.7. The zero-order valence-electron chi connectivity index (χ0n) is 10.6. The van der Waals surface area contributed by atoms with E-state index in [1.54, 1.807) is 0 Å². The summed E-state index contributed by atoms with van der Waals surface area (Å²) in [4.78, 5) is 2.71. The third kappa shape index (κ3) is 3.94. The van der Waals surface area contributed by atoms with Crippen LogP contribution in [-0.4, -0.2) is 49.1 Å². The first-order chi connectivity index (χ1) is 7.88. The van der Waals surface area contributed by atoms with E-state index in [1.165, 1.54) is 56.9 Å². The van der Waals surface area contributed by atoms with Gasteiger partial charge in [0.2, 0.25) is 0 Å². The molecule has 2 fully saturated rings. The summed E-state index contributed by atoms with van der Waals surface area (Å²) in [6, 6.07) is 0. The van der Waals surface area contributed by atoms with E-state index in [9.17, 15) is 0 Å². The quantitative estimate of drug-likeness (QED) is 0.794. The van der Waals surface area contributed by atoms with Crippen molar-refractivity contribution in [2.75, 3.05) is 44.2 Å². The van der Waals surface area contributed by atoms with Crippen molar-refractivity contribution in [3.05, 3.63) is 0 Å². The highest BCUT2D eigenvalue weighted by Gasteiger charge is 2.24. The fourth-order valence-corrected chi connectivity index (χ4v) is 4.09. The monoisotopic (exact) mass is 242 g/mol. The molecular formula is C13H26N2S. The lowest BCUT2D eigenvalue weighted by molar-refractivity contribution is 0.258. The largest absolute Gasteiger partial charge is 0.317 e. The molecule has 0 aromatic rings. The predicted molar refractivity (Wildman–Crippen MR) is 73.1 cm³/mol. The van der Waals surface area contributed by atoms with Crippen LogP contribution >= 0.6 is 11.8 Å². The highest BCUT2D eigenvalue weighted by Crippen LogP contribution is 2.25. The Morgan fingerprint density at radius 1 is 1.19 bits per heavy atom. The molecule has 2 saturated heterocycles. The van der Waals surface area contributed by atoms with Crippen LogP contribution in [0.4, 0.5) is 0 Å². The molecule has 1 N–H and O–H groups in total. The van der Waals surface area contributed by atoms with Crippen LogP contribution in [0, 0.1) is 11.8 Å². The van der Waals surface area contributed by atoms with Crippen LogP contribution in [-0.2, 0) is 0 Å². The lowest BCUT2D eigenvalue weighted by Gasteiger charge is -2.26. The molecule has 1 atom stereocenters. The highest BCUT2D eigenvalue weighted by atomic mass is 32.2. The number of hydrogen-bond donors (Lipinski definition) is 1. The summed E-state index contributed by atoms with van der Waals surface area (Å²) in [5.74, 6) is 4.72. The van der Waals surface area contributed by atoms with Crippen LogP contribution in [0.2, 0.25) is 0 Å². The molecule has 0 aromatic heterocycles. The SMILES string of the molecule is CCNCC1CCN(CC2CCSCC2)C1. The van der Waals surface area contributed by atoms with Crippen molar-refractivity contribution in [1.29, 1.82) is 0 Å². The number of nitrogens with zero attached hydrogens (tertiary/aromatic N) is 1. The fraction of sp³-hybridized carbons (Fsp3) is 1.00. The molecular weight excluding hydrogens is 216 g/mol. The van der Waals surface area contributed by atoms with E-state index in [0.717, 1.165) is 18.4 Å². The van der Waals surface area contributed by atoms with Gasteiger partial charge >= 0.3 is 0 Å². The number of likely N-dealkylation sites (tertiary alicyclic amines) is 1. The predicted octanol–water partition coefficient (Wildman–Crippen LogP) is 2.06. The van der Waals surface area contributed by atoms with Crippen LogP contribution in [0.15, 0.2) is 0 Å². The van der Waals surface area contributed by atoms with Gasteiger partial charge in [0.05, 0.1) is 0 Å². The molecule has 2 aliphatic heterocycles. The fourth-order valence-electron chi connectivity index (χ4n) is 2.89. The number of nitrogens with one attached hydrogen (secondary N) is 1. The minimum absolute atomic E-state index is 0.915. The second-order valence-electron chi connectivity index (χ2n) is 5.28. The lowest BCUT2D eigenvalue weighted by atomic mass is 10.0. The molecule has 0 radical (unpaired) electrons. The Morgan fingerprint density at radius 2 is 2.00 bits per heavy atom. The summed E-state index contributed by atoms with van der Waals surface area (Å²) in [6.07, 6.45) is 4.33. The van der Waals surface area contributed by atoms with E-state index in [2.05, 4.69) is 28.9 Å². The molecule has 0 bridgehead atoms. The van der Waals surface area contributed by atoms with Gasteiger partial charge in [-0.1, -0.05) is 6.92 Å². The zero-order valence-corrected chi connectivity index (χ0v) is 11.4. The number of hydrogen-bond acceptors (Lipinski definition) is 3. The highest BCUT2D eigenvalue weighted by molar-refractivity contribution is 7.99. The van der Waals surface area contributed by atoms with Crippen LogP contribution < -0.4 is 5.32 Å². The molecule has 94 valence electrons. The van der Waals surface area contributed by atoms with E-state index in [-0.39, 0.29) is 0 Å². The van der Waals surface area contributed by atoms with Crippen molar-refractivity contribution >= 4 is 11.8 Å². The first-order valence-corrected chi connectivity index (χ1v) is 8.04. The molecule has 1 unspecified atom stereocenters. The van der Waals surface area contributed by atoms with Crippen LogP contribution in [0.5, 0.6) is 0 Å². The van der Waals surface area contributed by atoms with Crippen molar-refractivity contribution < 1.29 is 0 Å². The molecule has 2 heterocycles. The van der Waals surface area contributed by atoms with Crippen molar-refractivity contribution in [2.45, 2.75) is 26.2 Å². The maximum Gasteiger partial charge on any atom is 0.00224 e. The first kappa shape index (κ1) is 12.7. The van der Waals surface area contributed by atoms with Crippen molar-refractivity contribution in [1.82, 2.24) is 10.2 Å². The Bertz CT molecular complexity index is 192. The maximum atomic E-state index is 3.48. The minimum atomic E-state index is 0.915. The second kappa shape index (κ2) is 6.87. The molecule has 16 heavy (non-hydrogen) atoms. The first-order valence-electron chi connectivity index (χ1n) is 6.89. The average molecular weight is 242 g/mol.